The van der Waals surface area contributed by atoms with Crippen LogP contribution >= 0.6 is 0 Å². The minimum absolute atomic E-state index is 0.00873. The number of hydrogen-bond acceptors (Lipinski definition) is 5. The molecule has 3 heterocycles. The summed E-state index contributed by atoms with van der Waals surface area (Å²) in [4.78, 5) is 7.54. The van der Waals surface area contributed by atoms with Gasteiger partial charge in [-0.05, 0) is 201 Å². The Labute approximate surface area is 532 Å². The van der Waals surface area contributed by atoms with Crippen molar-refractivity contribution >= 4 is 85.1 Å². The molecule has 0 saturated heterocycles. The molecule has 0 saturated carbocycles. The van der Waals surface area contributed by atoms with E-state index >= 15 is 0 Å². The van der Waals surface area contributed by atoms with E-state index in [1.54, 1.807) is 0 Å². The smallest absolute Gasteiger partial charge is 0.252 e. The summed E-state index contributed by atoms with van der Waals surface area (Å²) in [5, 5.41) is 2.51. The van der Waals surface area contributed by atoms with Crippen molar-refractivity contribution in [1.82, 2.24) is 0 Å². The average molecular weight is 1170 g/mol. The van der Waals surface area contributed by atoms with Gasteiger partial charge in [0, 0.05) is 68.1 Å². The highest BCUT2D eigenvalue weighted by atomic mass is 16.6. The maximum absolute atomic E-state index is 6.51. The minimum atomic E-state index is -0.172. The molecular formula is C84H78BN3O2. The van der Waals surface area contributed by atoms with E-state index in [0.717, 1.165) is 68.1 Å². The van der Waals surface area contributed by atoms with Gasteiger partial charge in [0.25, 0.3) is 6.71 Å². The van der Waals surface area contributed by atoms with Crippen molar-refractivity contribution in [1.29, 1.82) is 0 Å². The molecule has 5 aliphatic rings. The number of hydrogen-bond donors (Lipinski definition) is 0. The molecule has 0 bridgehead atoms. The summed E-state index contributed by atoms with van der Waals surface area (Å²) in [5.41, 5.74) is 30.4. The molecule has 11 aromatic rings. The summed E-state index contributed by atoms with van der Waals surface area (Å²) in [5.74, 6) is 1.57. The van der Waals surface area contributed by atoms with Crippen molar-refractivity contribution in [3.8, 4) is 44.9 Å². The highest BCUT2D eigenvalue weighted by Crippen LogP contribution is 2.55. The molecule has 0 N–H and O–H groups in total. The first-order valence-electron chi connectivity index (χ1n) is 32.4. The summed E-state index contributed by atoms with van der Waals surface area (Å²) in [6.45, 7) is 31.1. The van der Waals surface area contributed by atoms with Crippen molar-refractivity contribution in [2.24, 2.45) is 0 Å². The highest BCUT2D eigenvalue weighted by molar-refractivity contribution is 7.00. The number of nitrogens with zero attached hydrogens (tertiary/aromatic N) is 3. The lowest BCUT2D eigenvalue weighted by atomic mass is 9.33. The molecule has 0 amide bonds. The molecule has 11 aromatic carbocycles. The van der Waals surface area contributed by atoms with Gasteiger partial charge in [0.15, 0.2) is 11.5 Å². The predicted octanol–water partition coefficient (Wildman–Crippen LogP) is 20.3. The molecule has 5 nitrogen and oxygen atoms in total. The molecule has 0 radical (unpaired) electrons. The summed E-state index contributed by atoms with van der Waals surface area (Å²) < 4.78 is 13.0. The minimum Gasteiger partial charge on any atom is -0.486 e. The van der Waals surface area contributed by atoms with Gasteiger partial charge in [-0.25, -0.2) is 0 Å². The molecular weight excluding hydrogens is 1090 g/mol. The van der Waals surface area contributed by atoms with Crippen molar-refractivity contribution in [2.45, 2.75) is 117 Å². The van der Waals surface area contributed by atoms with Crippen molar-refractivity contribution < 1.29 is 9.47 Å². The fraction of sp³-hybridized carbons (Fsp3) is 0.238. The highest BCUT2D eigenvalue weighted by Gasteiger charge is 2.46. The number of anilines is 9. The Morgan fingerprint density at radius 3 is 1.53 bits per heavy atom. The van der Waals surface area contributed by atoms with Crippen LogP contribution in [0.25, 0.3) is 44.2 Å². The molecule has 0 fully saturated rings. The Hall–Kier alpha value is -9.26. The van der Waals surface area contributed by atoms with E-state index in [1.807, 2.05) is 0 Å². The fourth-order valence-electron chi connectivity index (χ4n) is 15.7. The van der Waals surface area contributed by atoms with Crippen LogP contribution in [0.4, 0.5) is 51.2 Å². The molecule has 16 rings (SSSR count). The summed E-state index contributed by atoms with van der Waals surface area (Å²) in [6.07, 6.45) is 0. The average Bonchev–Trinajstić information content (AvgIpc) is 0.920. The van der Waals surface area contributed by atoms with Gasteiger partial charge in [0.2, 0.25) is 0 Å². The largest absolute Gasteiger partial charge is 0.486 e. The van der Waals surface area contributed by atoms with E-state index < -0.39 is 0 Å². The maximum atomic E-state index is 6.51. The third-order valence-corrected chi connectivity index (χ3v) is 20.7. The van der Waals surface area contributed by atoms with Gasteiger partial charge in [0.05, 0.1) is 0 Å². The first kappa shape index (κ1) is 56.0. The van der Waals surface area contributed by atoms with Crippen LogP contribution in [0.15, 0.2) is 212 Å². The molecule has 0 unspecified atom stereocenters. The quantitative estimate of drug-likeness (QED) is 0.155. The Morgan fingerprint density at radius 1 is 0.389 bits per heavy atom. The predicted molar refractivity (Wildman–Crippen MR) is 380 cm³/mol. The van der Waals surface area contributed by atoms with E-state index in [0.29, 0.717) is 13.2 Å². The Morgan fingerprint density at radius 2 is 0.900 bits per heavy atom. The van der Waals surface area contributed by atoms with Gasteiger partial charge in [-0.15, -0.1) is 0 Å². The van der Waals surface area contributed by atoms with Crippen LogP contribution in [0, 0.1) is 0 Å². The number of rotatable bonds is 6. The second-order valence-electron chi connectivity index (χ2n) is 30.1. The lowest BCUT2D eigenvalue weighted by molar-refractivity contribution is 0.172. The zero-order chi connectivity index (χ0) is 62.1. The van der Waals surface area contributed by atoms with Gasteiger partial charge >= 0.3 is 0 Å². The molecule has 0 spiro atoms. The van der Waals surface area contributed by atoms with Crippen molar-refractivity contribution in [3.63, 3.8) is 0 Å². The maximum Gasteiger partial charge on any atom is 0.252 e. The molecule has 2 aliphatic carbocycles. The van der Waals surface area contributed by atoms with Crippen LogP contribution in [-0.2, 0) is 27.1 Å². The van der Waals surface area contributed by atoms with Gasteiger partial charge < -0.3 is 24.2 Å². The monoisotopic (exact) mass is 1170 g/mol. The van der Waals surface area contributed by atoms with E-state index in [1.165, 1.54) is 94.0 Å². The van der Waals surface area contributed by atoms with E-state index in [9.17, 15) is 0 Å². The standard InChI is InChI=1S/C84H78BN3O2/c1-80(2,3)54-25-32-58(33-26-54)87-72-41-29-56(82(7,8)9)47-70(72)85-71-49-76-77(90-43-42-89-76)50-73(71)88(59-34-27-55(28-35-59)81(4,5)6)75-46-53(45-74(87)79(75)85)51-22-30-57(31-23-51)86(61-37-39-64-63-18-14-16-20-66(63)84(12,13)69(64)48-61)60-36-38-62-52(44-60)24-40-68-78(62)65-19-15-17-21-67(65)83(68,10)11/h14-41,44-50H,42-43H2,1-13H3. The molecule has 90 heavy (non-hydrogen) atoms. The lowest BCUT2D eigenvalue weighted by Crippen LogP contribution is -2.61. The first-order valence-corrected chi connectivity index (χ1v) is 32.4. The zero-order valence-electron chi connectivity index (χ0n) is 54.4. The third kappa shape index (κ3) is 8.56. The van der Waals surface area contributed by atoms with E-state index in [2.05, 4.69) is 317 Å². The molecule has 3 aliphatic heterocycles. The fourth-order valence-corrected chi connectivity index (χ4v) is 15.7. The normalized spacial score (nSPS) is 15.4. The summed E-state index contributed by atoms with van der Waals surface area (Å²) in [7, 11) is 0. The second kappa shape index (κ2) is 19.6. The number of ether oxygens (including phenoxy) is 2. The molecule has 444 valence electrons. The van der Waals surface area contributed by atoms with Crippen LogP contribution in [0.5, 0.6) is 11.5 Å². The van der Waals surface area contributed by atoms with E-state index in [4.69, 9.17) is 9.47 Å². The van der Waals surface area contributed by atoms with E-state index in [-0.39, 0.29) is 33.8 Å². The Kier molecular flexibility index (Phi) is 12.2. The van der Waals surface area contributed by atoms with Crippen LogP contribution < -0.4 is 40.6 Å². The van der Waals surface area contributed by atoms with Gasteiger partial charge in [-0.2, -0.15) is 0 Å². The van der Waals surface area contributed by atoms with Crippen LogP contribution in [0.1, 0.15) is 129 Å². The molecule has 6 heteroatoms. The lowest BCUT2D eigenvalue weighted by Gasteiger charge is -2.45. The van der Waals surface area contributed by atoms with Crippen molar-refractivity contribution in [3.05, 3.63) is 251 Å². The molecule has 0 atom stereocenters. The second-order valence-corrected chi connectivity index (χ2v) is 30.1. The summed E-state index contributed by atoms with van der Waals surface area (Å²) >= 11 is 0. The van der Waals surface area contributed by atoms with Crippen LogP contribution in [0.2, 0.25) is 0 Å². The van der Waals surface area contributed by atoms with Gasteiger partial charge in [0.1, 0.15) is 13.2 Å². The Balaban J connectivity index is 0.910. The topological polar surface area (TPSA) is 28.2 Å². The first-order chi connectivity index (χ1) is 43.0. The van der Waals surface area contributed by atoms with Gasteiger partial charge in [-0.1, -0.05) is 211 Å². The molecule has 0 aromatic heterocycles. The van der Waals surface area contributed by atoms with Crippen LogP contribution in [-0.4, -0.2) is 19.9 Å². The number of benzene rings is 11. The van der Waals surface area contributed by atoms with Crippen molar-refractivity contribution in [2.75, 3.05) is 27.9 Å². The Bertz CT molecular complexity index is 4780. The summed E-state index contributed by atoms with van der Waals surface area (Å²) in [6, 6.07) is 81.7. The SMILES string of the molecule is CC(C)(C)c1ccc(N2c3ccc(C(C)(C)C)cc3B3c4cc5c(cc4N(c4ccc(C(C)(C)C)cc4)c4cc(-c6ccc(N(c7ccc8c(c7)C(C)(C)c7ccccc7-8)c7ccc8c9c(ccc8c7)C(C)(C)c7ccccc7-9)cc6)cc2c43)OCCO5)cc1. The zero-order valence-corrected chi connectivity index (χ0v) is 54.4. The van der Waals surface area contributed by atoms with Crippen LogP contribution in [0.3, 0.4) is 0 Å². The van der Waals surface area contributed by atoms with Gasteiger partial charge in [-0.3, -0.25) is 0 Å². The third-order valence-electron chi connectivity index (χ3n) is 20.7. The number of fused-ring (bicyclic) bond motifs is 13.